The molecule has 2 aromatic carbocycles. The lowest BCUT2D eigenvalue weighted by Gasteiger charge is -2.21. The molecule has 0 N–H and O–H groups in total. The summed E-state index contributed by atoms with van der Waals surface area (Å²) in [5.74, 6) is 0. The monoisotopic (exact) mass is 402 g/mol. The minimum Gasteiger partial charge on any atom is -0.372 e. The Bertz CT molecular complexity index is 1310. The summed E-state index contributed by atoms with van der Waals surface area (Å²) in [5.41, 5.74) is 3.82. The van der Waals surface area contributed by atoms with Crippen LogP contribution in [0.4, 0.5) is 5.69 Å². The van der Waals surface area contributed by atoms with Crippen molar-refractivity contribution >= 4 is 16.6 Å². The first kappa shape index (κ1) is 19.8. The van der Waals surface area contributed by atoms with Crippen molar-refractivity contribution in [3.8, 4) is 16.9 Å². The van der Waals surface area contributed by atoms with Gasteiger partial charge in [0.15, 0.2) is 0 Å². The van der Waals surface area contributed by atoms with E-state index in [1.165, 1.54) is 16.2 Å². The van der Waals surface area contributed by atoms with E-state index in [2.05, 4.69) is 43.0 Å². The lowest BCUT2D eigenvalue weighted by atomic mass is 10.1. The SMILES string of the molecule is CCN(CC)c1ccc(-n2cc3c(c2-c2ccccc2)c(=O)n(C)c(=O)n3C)cc1. The third-order valence-corrected chi connectivity index (χ3v) is 5.74. The van der Waals surface area contributed by atoms with Gasteiger partial charge in [0, 0.05) is 44.8 Å². The molecule has 0 saturated carbocycles. The molecule has 0 bridgehead atoms. The van der Waals surface area contributed by atoms with Crippen LogP contribution in [-0.4, -0.2) is 26.8 Å². The average Bonchev–Trinajstić information content (AvgIpc) is 3.19. The van der Waals surface area contributed by atoms with Crippen molar-refractivity contribution in [2.24, 2.45) is 14.1 Å². The van der Waals surface area contributed by atoms with Gasteiger partial charge in [-0.25, -0.2) is 4.79 Å². The first-order chi connectivity index (χ1) is 14.5. The van der Waals surface area contributed by atoms with E-state index in [0.717, 1.165) is 35.7 Å². The first-order valence-electron chi connectivity index (χ1n) is 10.2. The number of aromatic nitrogens is 3. The van der Waals surface area contributed by atoms with E-state index in [1.807, 2.05) is 41.1 Å². The number of benzene rings is 2. The van der Waals surface area contributed by atoms with Crippen LogP contribution in [0.1, 0.15) is 13.8 Å². The predicted octanol–water partition coefficient (Wildman–Crippen LogP) is 3.54. The topological polar surface area (TPSA) is 52.2 Å². The van der Waals surface area contributed by atoms with Gasteiger partial charge >= 0.3 is 5.69 Å². The lowest BCUT2D eigenvalue weighted by molar-refractivity contribution is 0.714. The molecule has 4 rings (SSSR count). The number of hydrogen-bond acceptors (Lipinski definition) is 3. The van der Waals surface area contributed by atoms with Gasteiger partial charge in [-0.05, 0) is 43.7 Å². The van der Waals surface area contributed by atoms with Crippen molar-refractivity contribution in [1.29, 1.82) is 0 Å². The first-order valence-corrected chi connectivity index (χ1v) is 10.2. The molecule has 2 heterocycles. The quantitative estimate of drug-likeness (QED) is 0.513. The van der Waals surface area contributed by atoms with Crippen LogP contribution in [0.2, 0.25) is 0 Å². The van der Waals surface area contributed by atoms with Gasteiger partial charge < -0.3 is 9.47 Å². The minimum atomic E-state index is -0.332. The van der Waals surface area contributed by atoms with Crippen molar-refractivity contribution in [3.05, 3.63) is 81.6 Å². The zero-order valence-electron chi connectivity index (χ0n) is 17.8. The Kier molecular flexibility index (Phi) is 5.08. The fourth-order valence-corrected chi connectivity index (χ4v) is 4.04. The third kappa shape index (κ3) is 3.05. The molecule has 0 fully saturated rings. The van der Waals surface area contributed by atoms with E-state index in [0.29, 0.717) is 10.9 Å². The summed E-state index contributed by atoms with van der Waals surface area (Å²) < 4.78 is 4.71. The molecule has 6 heteroatoms. The van der Waals surface area contributed by atoms with Gasteiger partial charge in [-0.2, -0.15) is 0 Å². The van der Waals surface area contributed by atoms with E-state index >= 15 is 0 Å². The fraction of sp³-hybridized carbons (Fsp3) is 0.250. The zero-order chi connectivity index (χ0) is 21.4. The van der Waals surface area contributed by atoms with Crippen LogP contribution in [-0.2, 0) is 14.1 Å². The highest BCUT2D eigenvalue weighted by molar-refractivity contribution is 5.94. The van der Waals surface area contributed by atoms with Gasteiger partial charge in [0.2, 0.25) is 0 Å². The largest absolute Gasteiger partial charge is 0.372 e. The Hall–Kier alpha value is -3.54. The normalized spacial score (nSPS) is 11.2. The summed E-state index contributed by atoms with van der Waals surface area (Å²) in [6.07, 6.45) is 1.88. The summed E-state index contributed by atoms with van der Waals surface area (Å²) >= 11 is 0. The Labute approximate surface area is 175 Å². The highest BCUT2D eigenvalue weighted by Gasteiger charge is 2.20. The average molecular weight is 402 g/mol. The summed E-state index contributed by atoms with van der Waals surface area (Å²) in [4.78, 5) is 27.9. The molecule has 30 heavy (non-hydrogen) atoms. The number of hydrogen-bond donors (Lipinski definition) is 0. The highest BCUT2D eigenvalue weighted by Crippen LogP contribution is 2.31. The Morgan fingerprint density at radius 3 is 2.07 bits per heavy atom. The third-order valence-electron chi connectivity index (χ3n) is 5.74. The number of aryl methyl sites for hydroxylation is 1. The highest BCUT2D eigenvalue weighted by atomic mass is 16.2. The molecule has 154 valence electrons. The standard InChI is InChI=1S/C24H26N4O2/c1-5-27(6-2)18-12-14-19(15-13-18)28-16-20-21(22(28)17-10-8-7-9-11-17)23(29)26(4)24(30)25(20)3/h7-16H,5-6H2,1-4H3. The minimum absolute atomic E-state index is 0.287. The Balaban J connectivity index is 2.03. The number of nitrogens with zero attached hydrogens (tertiary/aromatic N) is 4. The zero-order valence-corrected chi connectivity index (χ0v) is 17.8. The van der Waals surface area contributed by atoms with Crippen LogP contribution in [0.3, 0.4) is 0 Å². The van der Waals surface area contributed by atoms with Crippen molar-refractivity contribution in [1.82, 2.24) is 13.7 Å². The number of anilines is 1. The van der Waals surface area contributed by atoms with E-state index < -0.39 is 0 Å². The molecule has 2 aromatic heterocycles. The Morgan fingerprint density at radius 1 is 0.833 bits per heavy atom. The van der Waals surface area contributed by atoms with E-state index in [1.54, 1.807) is 7.05 Å². The maximum atomic E-state index is 13.1. The van der Waals surface area contributed by atoms with Crippen LogP contribution >= 0.6 is 0 Å². The summed E-state index contributed by atoms with van der Waals surface area (Å²) in [7, 11) is 3.22. The van der Waals surface area contributed by atoms with E-state index in [-0.39, 0.29) is 11.2 Å². The van der Waals surface area contributed by atoms with Gasteiger partial charge in [0.1, 0.15) is 0 Å². The molecular formula is C24H26N4O2. The summed E-state index contributed by atoms with van der Waals surface area (Å²) in [6, 6.07) is 18.1. The second-order valence-corrected chi connectivity index (χ2v) is 7.37. The van der Waals surface area contributed by atoms with Gasteiger partial charge in [0.25, 0.3) is 5.56 Å². The molecule has 4 aromatic rings. The second-order valence-electron chi connectivity index (χ2n) is 7.37. The number of fused-ring (bicyclic) bond motifs is 1. The van der Waals surface area contributed by atoms with Crippen LogP contribution in [0, 0.1) is 0 Å². The van der Waals surface area contributed by atoms with Crippen molar-refractivity contribution < 1.29 is 0 Å². The smallest absolute Gasteiger partial charge is 0.330 e. The molecule has 0 aliphatic rings. The molecular weight excluding hydrogens is 376 g/mol. The van der Waals surface area contributed by atoms with Gasteiger partial charge in [-0.15, -0.1) is 0 Å². The van der Waals surface area contributed by atoms with Crippen molar-refractivity contribution in [2.75, 3.05) is 18.0 Å². The maximum absolute atomic E-state index is 13.1. The van der Waals surface area contributed by atoms with Crippen molar-refractivity contribution in [3.63, 3.8) is 0 Å². The summed E-state index contributed by atoms with van der Waals surface area (Å²) in [5, 5.41) is 0.540. The maximum Gasteiger partial charge on any atom is 0.330 e. The van der Waals surface area contributed by atoms with Crippen molar-refractivity contribution in [2.45, 2.75) is 13.8 Å². The predicted molar refractivity (Wildman–Crippen MR) is 123 cm³/mol. The molecule has 0 atom stereocenters. The van der Waals surface area contributed by atoms with Crippen LogP contribution < -0.4 is 16.1 Å². The molecule has 0 unspecified atom stereocenters. The summed E-state index contributed by atoms with van der Waals surface area (Å²) in [6.45, 7) is 6.16. The molecule has 0 amide bonds. The van der Waals surface area contributed by atoms with Gasteiger partial charge in [-0.3, -0.25) is 13.9 Å². The van der Waals surface area contributed by atoms with Crippen LogP contribution in [0.5, 0.6) is 0 Å². The van der Waals surface area contributed by atoms with E-state index in [4.69, 9.17) is 0 Å². The second kappa shape index (κ2) is 7.71. The molecule has 0 aliphatic heterocycles. The molecule has 0 aliphatic carbocycles. The molecule has 0 saturated heterocycles. The van der Waals surface area contributed by atoms with Gasteiger partial charge in [-0.1, -0.05) is 30.3 Å². The van der Waals surface area contributed by atoms with Gasteiger partial charge in [0.05, 0.1) is 16.6 Å². The molecule has 0 spiro atoms. The van der Waals surface area contributed by atoms with Crippen LogP contribution in [0.25, 0.3) is 27.8 Å². The van der Waals surface area contributed by atoms with E-state index in [9.17, 15) is 9.59 Å². The number of rotatable bonds is 5. The van der Waals surface area contributed by atoms with Crippen LogP contribution in [0.15, 0.2) is 70.4 Å². The molecule has 6 nitrogen and oxygen atoms in total. The fourth-order valence-electron chi connectivity index (χ4n) is 4.04. The lowest BCUT2D eigenvalue weighted by Crippen LogP contribution is -2.36. The Morgan fingerprint density at radius 2 is 1.47 bits per heavy atom. The molecule has 0 radical (unpaired) electrons.